The van der Waals surface area contributed by atoms with Crippen LogP contribution in [0.4, 0.5) is 18.9 Å². The number of halogens is 3. The molecule has 0 atom stereocenters. The summed E-state index contributed by atoms with van der Waals surface area (Å²) >= 11 is 0. The lowest BCUT2D eigenvalue weighted by atomic mass is 9.34. The summed E-state index contributed by atoms with van der Waals surface area (Å²) in [6.07, 6.45) is 0. The SMILES string of the molecule is CO[Si](c1ccccc1)(c1ccccc1)[B-](c1ccc(F)cc1)(c1ccc(F)cc1)c1ccc(F)cc1.C[NH+](C)c1ccccc1. The van der Waals surface area contributed by atoms with E-state index in [1.807, 2.05) is 42.5 Å². The summed E-state index contributed by atoms with van der Waals surface area (Å²) in [7, 11) is 2.57. The maximum atomic E-state index is 14.3. The maximum absolute atomic E-state index is 14.3. The van der Waals surface area contributed by atoms with E-state index in [1.54, 1.807) is 43.5 Å². The highest BCUT2D eigenvalue weighted by molar-refractivity contribution is 7.61. The Kier molecular flexibility index (Phi) is 10.4. The third-order valence-corrected chi connectivity index (χ3v) is 14.0. The van der Waals surface area contributed by atoms with Crippen LogP contribution in [0.5, 0.6) is 0 Å². The second kappa shape index (κ2) is 14.6. The number of hydrogen-bond donors (Lipinski definition) is 1. The summed E-state index contributed by atoms with van der Waals surface area (Å²) in [5, 5.41) is 1.98. The summed E-state index contributed by atoms with van der Waals surface area (Å²) in [5.41, 5.74) is 1.71. The lowest BCUT2D eigenvalue weighted by Crippen LogP contribution is -3.00. The van der Waals surface area contributed by atoms with Crippen LogP contribution in [0.3, 0.4) is 0 Å². The molecule has 7 heteroatoms. The molecule has 232 valence electrons. The Morgan fingerprint density at radius 1 is 0.457 bits per heavy atom. The van der Waals surface area contributed by atoms with Crippen molar-refractivity contribution in [2.45, 2.75) is 0 Å². The van der Waals surface area contributed by atoms with Crippen LogP contribution < -0.4 is 31.7 Å². The Balaban J connectivity index is 0.000000400. The second-order valence-electron chi connectivity index (χ2n) is 11.6. The van der Waals surface area contributed by atoms with Gasteiger partial charge < -0.3 is 9.33 Å². The van der Waals surface area contributed by atoms with Gasteiger partial charge in [-0.1, -0.05) is 126 Å². The van der Waals surface area contributed by atoms with E-state index < -0.39 is 13.9 Å². The van der Waals surface area contributed by atoms with Crippen molar-refractivity contribution in [2.24, 2.45) is 0 Å². The molecule has 0 heterocycles. The number of quaternary nitrogens is 1. The summed E-state index contributed by atoms with van der Waals surface area (Å²) in [5.74, 6) is -1.10. The van der Waals surface area contributed by atoms with Crippen LogP contribution in [0.2, 0.25) is 0 Å². The zero-order chi connectivity index (χ0) is 32.6. The molecule has 2 nitrogen and oxygen atoms in total. The van der Waals surface area contributed by atoms with E-state index in [-0.39, 0.29) is 17.5 Å². The minimum atomic E-state index is -3.38. The zero-order valence-corrected chi connectivity index (χ0v) is 27.2. The van der Waals surface area contributed by atoms with E-state index >= 15 is 0 Å². The van der Waals surface area contributed by atoms with E-state index in [0.717, 1.165) is 26.8 Å². The summed E-state index contributed by atoms with van der Waals surface area (Å²) in [6, 6.07) is 49.6. The zero-order valence-electron chi connectivity index (χ0n) is 26.2. The Hall–Kier alpha value is -4.69. The first-order valence-corrected chi connectivity index (χ1v) is 17.3. The van der Waals surface area contributed by atoms with Crippen molar-refractivity contribution in [3.8, 4) is 0 Å². The van der Waals surface area contributed by atoms with E-state index in [1.165, 1.54) is 47.0 Å². The molecule has 0 aliphatic carbocycles. The third kappa shape index (κ3) is 6.35. The molecule has 0 radical (unpaired) electrons. The minimum Gasteiger partial charge on any atom is -0.445 e. The predicted molar refractivity (Wildman–Crippen MR) is 188 cm³/mol. The molecule has 1 N–H and O–H groups in total. The fourth-order valence-electron chi connectivity index (χ4n) is 6.76. The van der Waals surface area contributed by atoms with E-state index in [0.29, 0.717) is 0 Å². The first kappa shape index (κ1) is 32.7. The van der Waals surface area contributed by atoms with Gasteiger partial charge in [0.1, 0.15) is 37.1 Å². The molecular formula is C39H37BF3NOSi. The molecule has 46 heavy (non-hydrogen) atoms. The van der Waals surface area contributed by atoms with Gasteiger partial charge in [0.05, 0.1) is 14.1 Å². The molecule has 0 aromatic heterocycles. The number of nitrogens with one attached hydrogen (secondary N) is 1. The number of benzene rings is 6. The van der Waals surface area contributed by atoms with Gasteiger partial charge in [0.2, 0.25) is 0 Å². The average Bonchev–Trinajstić information content (AvgIpc) is 3.10. The van der Waals surface area contributed by atoms with Crippen LogP contribution in [0, 0.1) is 17.5 Å². The van der Waals surface area contributed by atoms with Crippen LogP contribution >= 0.6 is 0 Å². The van der Waals surface area contributed by atoms with Gasteiger partial charge >= 0.3 is 0 Å². The number of hydrogen-bond acceptors (Lipinski definition) is 1. The second-order valence-corrected chi connectivity index (χ2v) is 15.5. The topological polar surface area (TPSA) is 13.7 Å². The van der Waals surface area contributed by atoms with Crippen molar-refractivity contribution in [2.75, 3.05) is 21.2 Å². The number of para-hydroxylation sites is 1. The van der Waals surface area contributed by atoms with Crippen molar-refractivity contribution in [3.05, 3.63) is 181 Å². The van der Waals surface area contributed by atoms with Gasteiger partial charge in [-0.3, -0.25) is 0 Å². The van der Waals surface area contributed by atoms with E-state index in [2.05, 4.69) is 62.6 Å². The first-order chi connectivity index (χ1) is 22.3. The Labute approximate surface area is 270 Å². The summed E-state index contributed by atoms with van der Waals surface area (Å²) in [4.78, 5) is 1.37. The van der Waals surface area contributed by atoms with Crippen molar-refractivity contribution in [1.29, 1.82) is 0 Å². The van der Waals surface area contributed by atoms with Crippen LogP contribution in [-0.2, 0) is 4.43 Å². The van der Waals surface area contributed by atoms with Gasteiger partial charge in [0.25, 0.3) is 0 Å². The summed E-state index contributed by atoms with van der Waals surface area (Å²) in [6.45, 7) is 0. The monoisotopic (exact) mass is 631 g/mol. The molecule has 0 amide bonds. The lowest BCUT2D eigenvalue weighted by molar-refractivity contribution is -0.786. The molecule has 6 aromatic rings. The predicted octanol–water partition coefficient (Wildman–Crippen LogP) is 4.52. The van der Waals surface area contributed by atoms with Gasteiger partial charge in [0, 0.05) is 7.11 Å². The number of rotatable bonds is 8. The molecule has 0 saturated heterocycles. The van der Waals surface area contributed by atoms with Gasteiger partial charge in [-0.2, -0.15) is 16.4 Å². The molecule has 0 saturated carbocycles. The highest BCUT2D eigenvalue weighted by atomic mass is 28.3. The van der Waals surface area contributed by atoms with Gasteiger partial charge in [-0.25, -0.2) is 13.2 Å². The molecule has 0 aliphatic heterocycles. The Morgan fingerprint density at radius 3 is 1.02 bits per heavy atom. The summed E-state index contributed by atoms with van der Waals surface area (Å²) < 4.78 is 49.7. The molecule has 0 aliphatic rings. The normalized spacial score (nSPS) is 11.5. The largest absolute Gasteiger partial charge is 0.445 e. The molecule has 6 rings (SSSR count). The van der Waals surface area contributed by atoms with Crippen molar-refractivity contribution >= 4 is 46.4 Å². The molecule has 0 spiro atoms. The molecule has 0 bridgehead atoms. The van der Waals surface area contributed by atoms with E-state index in [4.69, 9.17) is 4.43 Å². The molecule has 0 unspecified atom stereocenters. The van der Waals surface area contributed by atoms with Crippen LogP contribution in [0.25, 0.3) is 0 Å². The highest BCUT2D eigenvalue weighted by Crippen LogP contribution is 2.23. The van der Waals surface area contributed by atoms with Crippen molar-refractivity contribution < 1.29 is 22.5 Å². The standard InChI is InChI=1S/C31H25BF3OSi.C8H11N/c1-36-37(30-8-4-2-5-9-30,31-10-6-3-7-11-31)32(24-12-18-27(33)19-13-24,25-14-20-28(34)21-15-25)26-16-22-29(35)23-17-26;1-9(2)8-6-4-3-5-7-8/h2-23H,1H3;3-7H,1-2H3/q-1;/p+1. The van der Waals surface area contributed by atoms with E-state index in [9.17, 15) is 13.2 Å². The van der Waals surface area contributed by atoms with Gasteiger partial charge in [-0.05, 0) is 48.5 Å². The van der Waals surface area contributed by atoms with Crippen LogP contribution in [0.1, 0.15) is 0 Å². The Morgan fingerprint density at radius 2 is 0.761 bits per heavy atom. The quantitative estimate of drug-likeness (QED) is 0.244. The fourth-order valence-corrected chi connectivity index (χ4v) is 12.3. The minimum absolute atomic E-state index is 0.365. The molecule has 6 aromatic carbocycles. The van der Waals surface area contributed by atoms with Crippen LogP contribution in [-0.4, -0.2) is 35.1 Å². The Bertz CT molecular complexity index is 1650. The van der Waals surface area contributed by atoms with Crippen LogP contribution in [0.15, 0.2) is 164 Å². The average molecular weight is 632 g/mol. The van der Waals surface area contributed by atoms with Crippen molar-refractivity contribution in [1.82, 2.24) is 0 Å². The van der Waals surface area contributed by atoms with Crippen molar-refractivity contribution in [3.63, 3.8) is 0 Å². The maximum Gasteiger partial charge on any atom is 0.130 e. The fraction of sp³-hybridized carbons (Fsp3) is 0.0769. The first-order valence-electron chi connectivity index (χ1n) is 15.3. The highest BCUT2D eigenvalue weighted by Gasteiger charge is 2.53. The van der Waals surface area contributed by atoms with Gasteiger partial charge in [0.15, 0.2) is 0 Å². The molecular weight excluding hydrogens is 594 g/mol. The smallest absolute Gasteiger partial charge is 0.130 e. The molecule has 0 fully saturated rings. The van der Waals surface area contributed by atoms with Gasteiger partial charge in [-0.15, -0.1) is 0 Å². The third-order valence-electron chi connectivity index (χ3n) is 8.80. The lowest BCUT2D eigenvalue weighted by Gasteiger charge is -2.56.